The molecule has 6 nitrogen and oxygen atoms in total. The first-order chi connectivity index (χ1) is 11.6. The van der Waals surface area contributed by atoms with Gasteiger partial charge in [0.2, 0.25) is 0 Å². The minimum Gasteiger partial charge on any atom is -0.324 e. The molecule has 24 heavy (non-hydrogen) atoms. The van der Waals surface area contributed by atoms with Gasteiger partial charge in [-0.2, -0.15) is 0 Å². The van der Waals surface area contributed by atoms with Crippen LogP contribution in [0.5, 0.6) is 0 Å². The van der Waals surface area contributed by atoms with E-state index in [1.165, 1.54) is 31.5 Å². The third kappa shape index (κ3) is 2.85. The molecular weight excluding hydrogens is 333 g/mol. The second-order valence-corrected chi connectivity index (χ2v) is 7.26. The smallest absolute Gasteiger partial charge is 0.321 e. The molecule has 0 spiro atoms. The van der Waals surface area contributed by atoms with Crippen molar-refractivity contribution in [2.75, 3.05) is 18.4 Å². The van der Waals surface area contributed by atoms with Crippen molar-refractivity contribution in [1.29, 1.82) is 0 Å². The van der Waals surface area contributed by atoms with E-state index in [9.17, 15) is 9.18 Å². The van der Waals surface area contributed by atoms with Gasteiger partial charge < -0.3 is 10.2 Å². The summed E-state index contributed by atoms with van der Waals surface area (Å²) in [6.07, 6.45) is 6.09. The zero-order valence-electron chi connectivity index (χ0n) is 13.3. The van der Waals surface area contributed by atoms with Crippen molar-refractivity contribution in [3.8, 4) is 0 Å². The van der Waals surface area contributed by atoms with Crippen molar-refractivity contribution in [1.82, 2.24) is 20.7 Å². The molecule has 3 aliphatic rings. The minimum atomic E-state index is -0.695. The Morgan fingerprint density at radius 3 is 2.96 bits per heavy atom. The third-order valence-corrected chi connectivity index (χ3v) is 5.85. The van der Waals surface area contributed by atoms with Gasteiger partial charge in [-0.05, 0) is 31.2 Å². The summed E-state index contributed by atoms with van der Waals surface area (Å²) in [5, 5.41) is 2.38. The summed E-state index contributed by atoms with van der Waals surface area (Å²) in [6, 6.07) is 1.97. The highest BCUT2D eigenvalue weighted by molar-refractivity contribution is 6.29. The number of amides is 2. The van der Waals surface area contributed by atoms with Gasteiger partial charge in [0.15, 0.2) is 11.0 Å². The SMILES string of the molecule is O=C(Nc1ccnc(Cl)c1F)N1CCC2NNC(C3CCC3)C2C1. The number of anilines is 1. The van der Waals surface area contributed by atoms with Crippen LogP contribution in [0, 0.1) is 17.7 Å². The molecule has 4 rings (SSSR count). The predicted molar refractivity (Wildman–Crippen MR) is 89.1 cm³/mol. The molecule has 3 heterocycles. The zero-order valence-corrected chi connectivity index (χ0v) is 14.0. The first-order valence-electron chi connectivity index (χ1n) is 8.50. The van der Waals surface area contributed by atoms with E-state index in [4.69, 9.17) is 11.6 Å². The molecule has 8 heteroatoms. The van der Waals surface area contributed by atoms with Crippen LogP contribution >= 0.6 is 11.6 Å². The Morgan fingerprint density at radius 1 is 1.38 bits per heavy atom. The Bertz CT molecular complexity index is 641. The molecule has 3 atom stereocenters. The second-order valence-electron chi connectivity index (χ2n) is 6.90. The third-order valence-electron chi connectivity index (χ3n) is 5.59. The molecule has 3 fully saturated rings. The number of piperidine rings is 1. The highest BCUT2D eigenvalue weighted by Gasteiger charge is 2.45. The van der Waals surface area contributed by atoms with Crippen LogP contribution in [0.3, 0.4) is 0 Å². The van der Waals surface area contributed by atoms with E-state index in [0.717, 1.165) is 6.42 Å². The standard InChI is InChI=1S/C16H21ClFN5O/c17-15-13(18)12(4-6-19-15)20-16(24)23-7-5-11-10(8-23)14(22-21-11)9-2-1-3-9/h4,6,9-11,14,21-22H,1-3,5,7-8H2,(H,19,20,24). The summed E-state index contributed by atoms with van der Waals surface area (Å²) >= 11 is 5.66. The summed E-state index contributed by atoms with van der Waals surface area (Å²) in [4.78, 5) is 18.0. The van der Waals surface area contributed by atoms with Gasteiger partial charge in [0.25, 0.3) is 0 Å². The van der Waals surface area contributed by atoms with Crippen molar-refractivity contribution in [3.63, 3.8) is 0 Å². The molecule has 1 aliphatic carbocycles. The molecule has 0 radical (unpaired) electrons. The van der Waals surface area contributed by atoms with E-state index < -0.39 is 5.82 Å². The lowest BCUT2D eigenvalue weighted by Crippen LogP contribution is -2.51. The van der Waals surface area contributed by atoms with Gasteiger partial charge in [-0.25, -0.2) is 14.2 Å². The average molecular weight is 354 g/mol. The van der Waals surface area contributed by atoms with E-state index >= 15 is 0 Å². The molecule has 2 aliphatic heterocycles. The Morgan fingerprint density at radius 2 is 2.21 bits per heavy atom. The van der Waals surface area contributed by atoms with Crippen LogP contribution in [0.15, 0.2) is 12.3 Å². The maximum Gasteiger partial charge on any atom is 0.321 e. The van der Waals surface area contributed by atoms with Crippen molar-refractivity contribution in [2.24, 2.45) is 11.8 Å². The first kappa shape index (κ1) is 16.1. The molecule has 2 saturated heterocycles. The summed E-state index contributed by atoms with van der Waals surface area (Å²) in [7, 11) is 0. The number of nitrogens with one attached hydrogen (secondary N) is 3. The average Bonchev–Trinajstić information content (AvgIpc) is 2.93. The van der Waals surface area contributed by atoms with Crippen LogP contribution in [0.25, 0.3) is 0 Å². The molecule has 130 valence electrons. The van der Waals surface area contributed by atoms with E-state index in [-0.39, 0.29) is 16.9 Å². The number of nitrogens with zero attached hydrogens (tertiary/aromatic N) is 2. The number of fused-ring (bicyclic) bond motifs is 1. The molecule has 3 unspecified atom stereocenters. The lowest BCUT2D eigenvalue weighted by atomic mass is 9.73. The summed E-state index contributed by atoms with van der Waals surface area (Å²) in [6.45, 7) is 1.33. The van der Waals surface area contributed by atoms with Gasteiger partial charge in [0.1, 0.15) is 0 Å². The Balaban J connectivity index is 1.42. The summed E-state index contributed by atoms with van der Waals surface area (Å²) in [5.41, 5.74) is 6.89. The van der Waals surface area contributed by atoms with Crippen molar-refractivity contribution < 1.29 is 9.18 Å². The first-order valence-corrected chi connectivity index (χ1v) is 8.88. The van der Waals surface area contributed by atoms with Crippen molar-refractivity contribution in [2.45, 2.75) is 37.8 Å². The van der Waals surface area contributed by atoms with E-state index in [1.807, 2.05) is 0 Å². The van der Waals surface area contributed by atoms with E-state index in [1.54, 1.807) is 4.90 Å². The van der Waals surface area contributed by atoms with Crippen molar-refractivity contribution in [3.05, 3.63) is 23.2 Å². The molecule has 0 aromatic carbocycles. The maximum atomic E-state index is 13.9. The fourth-order valence-corrected chi connectivity index (χ4v) is 4.15. The predicted octanol–water partition coefficient (Wildman–Crippen LogP) is 2.37. The van der Waals surface area contributed by atoms with Gasteiger partial charge in [-0.3, -0.25) is 10.9 Å². The number of rotatable bonds is 2. The van der Waals surface area contributed by atoms with Crippen LogP contribution < -0.4 is 16.2 Å². The number of carbonyl (C=O) groups is 1. The van der Waals surface area contributed by atoms with E-state index in [0.29, 0.717) is 37.0 Å². The summed E-state index contributed by atoms with van der Waals surface area (Å²) < 4.78 is 13.9. The molecule has 2 amide bonds. The van der Waals surface area contributed by atoms with Crippen molar-refractivity contribution >= 4 is 23.3 Å². The van der Waals surface area contributed by atoms with Gasteiger partial charge in [0.05, 0.1) is 5.69 Å². The monoisotopic (exact) mass is 353 g/mol. The van der Waals surface area contributed by atoms with Gasteiger partial charge >= 0.3 is 6.03 Å². The summed E-state index contributed by atoms with van der Waals surface area (Å²) in [5.74, 6) is 0.409. The fourth-order valence-electron chi connectivity index (χ4n) is 4.00. The van der Waals surface area contributed by atoms with E-state index in [2.05, 4.69) is 21.2 Å². The highest BCUT2D eigenvalue weighted by atomic mass is 35.5. The van der Waals surface area contributed by atoms with Crippen LogP contribution in [-0.4, -0.2) is 41.1 Å². The van der Waals surface area contributed by atoms with Crippen LogP contribution in [-0.2, 0) is 0 Å². The van der Waals surface area contributed by atoms with Crippen LogP contribution in [0.4, 0.5) is 14.9 Å². The number of urea groups is 1. The number of hydrogen-bond donors (Lipinski definition) is 3. The lowest BCUT2D eigenvalue weighted by molar-refractivity contribution is 0.137. The molecule has 1 aromatic rings. The number of halogens is 2. The topological polar surface area (TPSA) is 69.3 Å². The molecule has 1 aromatic heterocycles. The number of pyridine rings is 1. The molecule has 3 N–H and O–H groups in total. The van der Waals surface area contributed by atoms with Crippen LogP contribution in [0.2, 0.25) is 5.15 Å². The van der Waals surface area contributed by atoms with Gasteiger partial charge in [-0.1, -0.05) is 18.0 Å². The number of aromatic nitrogens is 1. The molecule has 0 bridgehead atoms. The second kappa shape index (κ2) is 6.46. The number of hydrazine groups is 1. The Hall–Kier alpha value is -1.44. The minimum absolute atomic E-state index is 0.0698. The number of likely N-dealkylation sites (tertiary alicyclic amines) is 1. The Labute approximate surface area is 145 Å². The maximum absolute atomic E-state index is 13.9. The molecule has 1 saturated carbocycles. The Kier molecular flexibility index (Phi) is 4.32. The van der Waals surface area contributed by atoms with Gasteiger partial charge in [0, 0.05) is 37.3 Å². The molecular formula is C16H21ClFN5O. The quantitative estimate of drug-likeness (QED) is 0.714. The number of carbonyl (C=O) groups excluding carboxylic acids is 1. The lowest BCUT2D eigenvalue weighted by Gasteiger charge is -2.40. The van der Waals surface area contributed by atoms with Gasteiger partial charge in [-0.15, -0.1) is 0 Å². The largest absolute Gasteiger partial charge is 0.324 e. The fraction of sp³-hybridized carbons (Fsp3) is 0.625. The zero-order chi connectivity index (χ0) is 16.7. The highest BCUT2D eigenvalue weighted by Crippen LogP contribution is 2.37. The normalized spacial score (nSPS) is 29.9. The number of hydrogen-bond acceptors (Lipinski definition) is 4. The van der Waals surface area contributed by atoms with Crippen LogP contribution in [0.1, 0.15) is 25.7 Å².